The predicted molar refractivity (Wildman–Crippen MR) is 88.9 cm³/mol. The number of rotatable bonds is 7. The maximum atomic E-state index is 5.47. The number of benzene rings is 2. The van der Waals surface area contributed by atoms with Crippen molar-refractivity contribution in [2.45, 2.75) is 32.7 Å². The van der Waals surface area contributed by atoms with E-state index in [-0.39, 0.29) is 0 Å². The molecule has 1 atom stereocenters. The first-order valence-electron chi connectivity index (χ1n) is 7.72. The Morgan fingerprint density at radius 3 is 2.33 bits per heavy atom. The van der Waals surface area contributed by atoms with Gasteiger partial charge in [0.05, 0.1) is 7.11 Å². The highest BCUT2D eigenvalue weighted by atomic mass is 16.5. The Hall–Kier alpha value is -1.80. The molecule has 0 heterocycles. The normalized spacial score (nSPS) is 12.1. The van der Waals surface area contributed by atoms with E-state index in [0.29, 0.717) is 6.04 Å². The summed E-state index contributed by atoms with van der Waals surface area (Å²) in [6, 6.07) is 17.5. The van der Waals surface area contributed by atoms with Crippen LogP contribution < -0.4 is 10.1 Å². The molecule has 0 bridgehead atoms. The fourth-order valence-electron chi connectivity index (χ4n) is 2.63. The van der Waals surface area contributed by atoms with Crippen LogP contribution in [0.3, 0.4) is 0 Å². The molecule has 0 saturated heterocycles. The lowest BCUT2D eigenvalue weighted by Crippen LogP contribution is -2.23. The number of para-hydroxylation sites is 1. The van der Waals surface area contributed by atoms with Crippen LogP contribution in [0.5, 0.6) is 5.75 Å². The van der Waals surface area contributed by atoms with Crippen molar-refractivity contribution in [2.24, 2.45) is 0 Å². The molecule has 0 aliphatic heterocycles. The van der Waals surface area contributed by atoms with Crippen molar-refractivity contribution in [3.63, 3.8) is 0 Å². The molecule has 0 aliphatic carbocycles. The zero-order chi connectivity index (χ0) is 15.1. The zero-order valence-corrected chi connectivity index (χ0v) is 13.2. The molecule has 2 aromatic carbocycles. The van der Waals surface area contributed by atoms with Gasteiger partial charge in [0.15, 0.2) is 0 Å². The van der Waals surface area contributed by atoms with Crippen molar-refractivity contribution in [3.05, 3.63) is 65.2 Å². The molecule has 0 fully saturated rings. The Labute approximate surface area is 128 Å². The summed E-state index contributed by atoms with van der Waals surface area (Å²) < 4.78 is 5.47. The van der Waals surface area contributed by atoms with E-state index in [0.717, 1.165) is 25.1 Å². The highest BCUT2D eigenvalue weighted by Crippen LogP contribution is 2.25. The molecule has 2 nitrogen and oxygen atoms in total. The minimum absolute atomic E-state index is 0.317. The van der Waals surface area contributed by atoms with Gasteiger partial charge in [0, 0.05) is 6.04 Å². The number of ether oxygens (including phenoxy) is 1. The van der Waals surface area contributed by atoms with E-state index in [2.05, 4.69) is 55.6 Å². The third-order valence-corrected chi connectivity index (χ3v) is 3.86. The van der Waals surface area contributed by atoms with Crippen LogP contribution in [0.1, 0.15) is 36.6 Å². The van der Waals surface area contributed by atoms with Crippen LogP contribution in [0.4, 0.5) is 0 Å². The fraction of sp³-hybridized carbons (Fsp3) is 0.368. The quantitative estimate of drug-likeness (QED) is 0.824. The van der Waals surface area contributed by atoms with Gasteiger partial charge in [-0.1, -0.05) is 56.3 Å². The molecule has 2 rings (SSSR count). The zero-order valence-electron chi connectivity index (χ0n) is 13.2. The van der Waals surface area contributed by atoms with Gasteiger partial charge in [0.25, 0.3) is 0 Å². The molecule has 0 radical (unpaired) electrons. The van der Waals surface area contributed by atoms with Gasteiger partial charge < -0.3 is 10.1 Å². The van der Waals surface area contributed by atoms with E-state index in [4.69, 9.17) is 4.74 Å². The summed E-state index contributed by atoms with van der Waals surface area (Å²) in [6.07, 6.45) is 2.02. The van der Waals surface area contributed by atoms with Crippen LogP contribution in [-0.2, 0) is 12.8 Å². The number of likely N-dealkylation sites (N-methyl/N-ethyl adjacent to an activating group) is 1. The first-order valence-corrected chi connectivity index (χ1v) is 7.72. The fourth-order valence-corrected chi connectivity index (χ4v) is 2.63. The first kappa shape index (κ1) is 15.6. The summed E-state index contributed by atoms with van der Waals surface area (Å²) in [5.41, 5.74) is 3.96. The number of hydrogen-bond donors (Lipinski definition) is 1. The topological polar surface area (TPSA) is 21.3 Å². The Bertz CT molecular complexity index is 548. The second kappa shape index (κ2) is 7.84. The van der Waals surface area contributed by atoms with E-state index in [1.165, 1.54) is 16.7 Å². The number of hydrogen-bond acceptors (Lipinski definition) is 2. The number of nitrogens with one attached hydrogen (secondary N) is 1. The summed E-state index contributed by atoms with van der Waals surface area (Å²) in [5, 5.41) is 3.58. The minimum atomic E-state index is 0.317. The van der Waals surface area contributed by atoms with E-state index in [1.807, 2.05) is 12.1 Å². The van der Waals surface area contributed by atoms with Gasteiger partial charge in [-0.15, -0.1) is 0 Å². The summed E-state index contributed by atoms with van der Waals surface area (Å²) >= 11 is 0. The Balaban J connectivity index is 2.21. The molecule has 1 unspecified atom stereocenters. The van der Waals surface area contributed by atoms with Crippen LogP contribution in [0.2, 0.25) is 0 Å². The monoisotopic (exact) mass is 283 g/mol. The molecule has 2 heteroatoms. The number of methoxy groups -OCH3 is 1. The van der Waals surface area contributed by atoms with Crippen molar-refractivity contribution < 1.29 is 4.74 Å². The van der Waals surface area contributed by atoms with E-state index < -0.39 is 0 Å². The van der Waals surface area contributed by atoms with Crippen LogP contribution >= 0.6 is 0 Å². The summed E-state index contributed by atoms with van der Waals surface area (Å²) in [7, 11) is 1.73. The third kappa shape index (κ3) is 4.08. The lowest BCUT2D eigenvalue weighted by atomic mass is 9.97. The molecule has 1 N–H and O–H groups in total. The van der Waals surface area contributed by atoms with Crippen molar-refractivity contribution in [1.29, 1.82) is 0 Å². The standard InChI is InChI=1S/C19H25NO/c1-4-15-10-12-16(13-11-15)18(20-5-2)14-17-8-6-7-9-19(17)21-3/h6-13,18,20H,4-5,14H2,1-3H3. The maximum Gasteiger partial charge on any atom is 0.122 e. The molecule has 112 valence electrons. The largest absolute Gasteiger partial charge is 0.496 e. The van der Waals surface area contributed by atoms with Gasteiger partial charge in [0.2, 0.25) is 0 Å². The Morgan fingerprint density at radius 2 is 1.71 bits per heavy atom. The summed E-state index contributed by atoms with van der Waals surface area (Å²) in [5.74, 6) is 0.964. The average molecular weight is 283 g/mol. The minimum Gasteiger partial charge on any atom is -0.496 e. The van der Waals surface area contributed by atoms with Gasteiger partial charge in [-0.25, -0.2) is 0 Å². The van der Waals surface area contributed by atoms with E-state index >= 15 is 0 Å². The molecule has 0 saturated carbocycles. The van der Waals surface area contributed by atoms with E-state index in [9.17, 15) is 0 Å². The second-order valence-electron chi connectivity index (χ2n) is 5.22. The average Bonchev–Trinajstić information content (AvgIpc) is 2.55. The van der Waals surface area contributed by atoms with Crippen molar-refractivity contribution in [3.8, 4) is 5.75 Å². The van der Waals surface area contributed by atoms with Crippen molar-refractivity contribution in [2.75, 3.05) is 13.7 Å². The summed E-state index contributed by atoms with van der Waals surface area (Å²) in [6.45, 7) is 5.29. The molecule has 0 aliphatic rings. The molecule has 0 aromatic heterocycles. The summed E-state index contributed by atoms with van der Waals surface area (Å²) in [4.78, 5) is 0. The molecule has 2 aromatic rings. The van der Waals surface area contributed by atoms with Gasteiger partial charge in [-0.05, 0) is 42.1 Å². The molecular formula is C19H25NO. The third-order valence-electron chi connectivity index (χ3n) is 3.86. The van der Waals surface area contributed by atoms with Crippen molar-refractivity contribution in [1.82, 2.24) is 5.32 Å². The van der Waals surface area contributed by atoms with Gasteiger partial charge in [-0.3, -0.25) is 0 Å². The van der Waals surface area contributed by atoms with Gasteiger partial charge >= 0.3 is 0 Å². The van der Waals surface area contributed by atoms with Crippen LogP contribution in [0.25, 0.3) is 0 Å². The van der Waals surface area contributed by atoms with Crippen LogP contribution in [-0.4, -0.2) is 13.7 Å². The predicted octanol–water partition coefficient (Wildman–Crippen LogP) is 4.15. The van der Waals surface area contributed by atoms with E-state index in [1.54, 1.807) is 7.11 Å². The lowest BCUT2D eigenvalue weighted by Gasteiger charge is -2.20. The number of aryl methyl sites for hydroxylation is 1. The molecule has 0 amide bonds. The van der Waals surface area contributed by atoms with Crippen molar-refractivity contribution >= 4 is 0 Å². The van der Waals surface area contributed by atoms with Gasteiger partial charge in [-0.2, -0.15) is 0 Å². The SMILES string of the molecule is CCNC(Cc1ccccc1OC)c1ccc(CC)cc1. The highest BCUT2D eigenvalue weighted by Gasteiger charge is 2.13. The van der Waals surface area contributed by atoms with Gasteiger partial charge in [0.1, 0.15) is 5.75 Å². The Morgan fingerprint density at radius 1 is 1.00 bits per heavy atom. The van der Waals surface area contributed by atoms with Crippen LogP contribution in [0.15, 0.2) is 48.5 Å². The molecular weight excluding hydrogens is 258 g/mol. The lowest BCUT2D eigenvalue weighted by molar-refractivity contribution is 0.405. The Kier molecular flexibility index (Phi) is 5.82. The molecule has 0 spiro atoms. The van der Waals surface area contributed by atoms with Crippen LogP contribution in [0, 0.1) is 0 Å². The maximum absolute atomic E-state index is 5.47. The second-order valence-corrected chi connectivity index (χ2v) is 5.22. The molecule has 21 heavy (non-hydrogen) atoms. The first-order chi connectivity index (χ1) is 10.3. The highest BCUT2D eigenvalue weighted by molar-refractivity contribution is 5.35. The smallest absolute Gasteiger partial charge is 0.122 e.